The van der Waals surface area contributed by atoms with Gasteiger partial charge in [-0.25, -0.2) is 4.39 Å². The fourth-order valence-corrected chi connectivity index (χ4v) is 2.54. The second-order valence-electron chi connectivity index (χ2n) is 5.02. The molecule has 4 heteroatoms. The van der Waals surface area contributed by atoms with Gasteiger partial charge in [0.2, 0.25) is 0 Å². The molecule has 0 bridgehead atoms. The van der Waals surface area contributed by atoms with Crippen LogP contribution in [0.15, 0.2) is 41.8 Å². The molecule has 100 valence electrons. The second-order valence-corrected chi connectivity index (χ2v) is 5.97. The highest BCUT2D eigenvalue weighted by Crippen LogP contribution is 2.25. The molecule has 1 N–H and O–H groups in total. The van der Waals surface area contributed by atoms with Crippen molar-refractivity contribution in [2.24, 2.45) is 0 Å². The molecule has 0 aliphatic rings. The third-order valence-electron chi connectivity index (χ3n) is 3.04. The quantitative estimate of drug-likeness (QED) is 0.909. The maximum absolute atomic E-state index is 13.8. The van der Waals surface area contributed by atoms with Crippen LogP contribution in [-0.2, 0) is 5.41 Å². The Morgan fingerprint density at radius 3 is 2.63 bits per heavy atom. The Balaban J connectivity index is 2.06. The molecule has 1 amide bonds. The summed E-state index contributed by atoms with van der Waals surface area (Å²) < 4.78 is 13.8. The highest BCUT2D eigenvalue weighted by molar-refractivity contribution is 7.12. The lowest BCUT2D eigenvalue weighted by Crippen LogP contribution is -2.37. The van der Waals surface area contributed by atoms with Gasteiger partial charge in [0, 0.05) is 12.0 Å². The first kappa shape index (κ1) is 13.7. The van der Waals surface area contributed by atoms with Gasteiger partial charge >= 0.3 is 0 Å². The van der Waals surface area contributed by atoms with Crippen molar-refractivity contribution in [1.29, 1.82) is 0 Å². The monoisotopic (exact) mass is 277 g/mol. The van der Waals surface area contributed by atoms with E-state index in [1.54, 1.807) is 24.3 Å². The van der Waals surface area contributed by atoms with Gasteiger partial charge in [0.25, 0.3) is 5.91 Å². The van der Waals surface area contributed by atoms with E-state index in [1.165, 1.54) is 17.4 Å². The summed E-state index contributed by atoms with van der Waals surface area (Å²) in [5.41, 5.74) is 0.166. The number of halogens is 1. The van der Waals surface area contributed by atoms with Crippen molar-refractivity contribution < 1.29 is 9.18 Å². The van der Waals surface area contributed by atoms with Crippen LogP contribution in [0.25, 0.3) is 0 Å². The van der Waals surface area contributed by atoms with Crippen molar-refractivity contribution in [3.63, 3.8) is 0 Å². The Morgan fingerprint density at radius 2 is 2.00 bits per heavy atom. The van der Waals surface area contributed by atoms with Gasteiger partial charge in [0.15, 0.2) is 0 Å². The minimum absolute atomic E-state index is 0.112. The predicted molar refractivity (Wildman–Crippen MR) is 76.1 cm³/mol. The maximum atomic E-state index is 13.8. The standard InChI is InChI=1S/C15H16FNOS/c1-15(2,11-6-3-4-7-12(11)16)10-17-14(18)13-8-5-9-19-13/h3-9H,10H2,1-2H3,(H,17,18). The number of carbonyl (C=O) groups excluding carboxylic acids is 1. The molecule has 2 rings (SSSR count). The first-order valence-electron chi connectivity index (χ1n) is 6.07. The fourth-order valence-electron chi connectivity index (χ4n) is 1.90. The van der Waals surface area contributed by atoms with Crippen LogP contribution in [0.1, 0.15) is 29.1 Å². The number of thiophene rings is 1. The number of amides is 1. The summed E-state index contributed by atoms with van der Waals surface area (Å²) in [5, 5.41) is 4.71. The maximum Gasteiger partial charge on any atom is 0.261 e. The Kier molecular flexibility index (Phi) is 4.00. The number of rotatable bonds is 4. The van der Waals surface area contributed by atoms with E-state index in [-0.39, 0.29) is 11.7 Å². The molecule has 0 fully saturated rings. The number of carbonyl (C=O) groups is 1. The molecule has 0 atom stereocenters. The van der Waals surface area contributed by atoms with Crippen molar-refractivity contribution in [2.45, 2.75) is 19.3 Å². The molecule has 2 nitrogen and oxygen atoms in total. The predicted octanol–water partition coefficient (Wildman–Crippen LogP) is 3.59. The molecule has 0 radical (unpaired) electrons. The zero-order valence-electron chi connectivity index (χ0n) is 10.9. The largest absolute Gasteiger partial charge is 0.350 e. The van der Waals surface area contributed by atoms with Gasteiger partial charge in [-0.1, -0.05) is 38.1 Å². The summed E-state index contributed by atoms with van der Waals surface area (Å²) in [6, 6.07) is 10.3. The van der Waals surface area contributed by atoms with E-state index < -0.39 is 5.41 Å². The van der Waals surface area contributed by atoms with Crippen molar-refractivity contribution in [1.82, 2.24) is 5.32 Å². The molecule has 1 heterocycles. The Labute approximate surface area is 116 Å². The van der Waals surface area contributed by atoms with Gasteiger partial charge in [-0.15, -0.1) is 11.3 Å². The van der Waals surface area contributed by atoms with Gasteiger partial charge in [-0.05, 0) is 23.1 Å². The third kappa shape index (κ3) is 3.20. The summed E-state index contributed by atoms with van der Waals surface area (Å²) in [5.74, 6) is -0.350. The summed E-state index contributed by atoms with van der Waals surface area (Å²) in [6.07, 6.45) is 0. The number of hydrogen-bond acceptors (Lipinski definition) is 2. The smallest absolute Gasteiger partial charge is 0.261 e. The molecule has 0 unspecified atom stereocenters. The molecule has 0 aliphatic carbocycles. The van der Waals surface area contributed by atoms with E-state index in [4.69, 9.17) is 0 Å². The minimum Gasteiger partial charge on any atom is -0.350 e. The van der Waals surface area contributed by atoms with Crippen LogP contribution in [0.5, 0.6) is 0 Å². The highest BCUT2D eigenvalue weighted by atomic mass is 32.1. The van der Waals surface area contributed by atoms with Gasteiger partial charge in [0.1, 0.15) is 5.82 Å². The minimum atomic E-state index is -0.446. The van der Waals surface area contributed by atoms with Gasteiger partial charge in [0.05, 0.1) is 4.88 Å². The normalized spacial score (nSPS) is 11.3. The molecule has 0 saturated carbocycles. The van der Waals surface area contributed by atoms with Crippen LogP contribution in [0, 0.1) is 5.82 Å². The fraction of sp³-hybridized carbons (Fsp3) is 0.267. The lowest BCUT2D eigenvalue weighted by molar-refractivity contribution is 0.0949. The van der Waals surface area contributed by atoms with Gasteiger partial charge in [-0.2, -0.15) is 0 Å². The van der Waals surface area contributed by atoms with Crippen molar-refractivity contribution in [3.05, 3.63) is 58.0 Å². The first-order valence-corrected chi connectivity index (χ1v) is 6.95. The number of benzene rings is 1. The lowest BCUT2D eigenvalue weighted by Gasteiger charge is -2.26. The van der Waals surface area contributed by atoms with E-state index in [1.807, 2.05) is 25.3 Å². The van der Waals surface area contributed by atoms with Crippen molar-refractivity contribution in [2.75, 3.05) is 6.54 Å². The van der Waals surface area contributed by atoms with Crippen LogP contribution in [0.2, 0.25) is 0 Å². The highest BCUT2D eigenvalue weighted by Gasteiger charge is 2.24. The molecule has 19 heavy (non-hydrogen) atoms. The Bertz CT molecular complexity index is 563. The van der Waals surface area contributed by atoms with Gasteiger partial charge in [-0.3, -0.25) is 4.79 Å². The molecule has 1 aromatic heterocycles. The van der Waals surface area contributed by atoms with Gasteiger partial charge < -0.3 is 5.32 Å². The van der Waals surface area contributed by atoms with Crippen molar-refractivity contribution >= 4 is 17.2 Å². The first-order chi connectivity index (χ1) is 9.00. The van der Waals surface area contributed by atoms with E-state index in [9.17, 15) is 9.18 Å². The SMILES string of the molecule is CC(C)(CNC(=O)c1cccs1)c1ccccc1F. The van der Waals surface area contributed by atoms with E-state index in [0.717, 1.165) is 0 Å². The summed E-state index contributed by atoms with van der Waals surface area (Å²) in [6.45, 7) is 4.23. The number of hydrogen-bond donors (Lipinski definition) is 1. The average Bonchev–Trinajstić information content (AvgIpc) is 2.90. The lowest BCUT2D eigenvalue weighted by atomic mass is 9.84. The Hall–Kier alpha value is -1.68. The molecular formula is C15H16FNOS. The summed E-state index contributed by atoms with van der Waals surface area (Å²) >= 11 is 1.39. The zero-order chi connectivity index (χ0) is 13.9. The molecular weight excluding hydrogens is 261 g/mol. The number of nitrogens with one attached hydrogen (secondary N) is 1. The molecule has 2 aromatic rings. The second kappa shape index (κ2) is 5.53. The zero-order valence-corrected chi connectivity index (χ0v) is 11.8. The van der Waals surface area contributed by atoms with Crippen LogP contribution in [-0.4, -0.2) is 12.5 Å². The molecule has 0 aliphatic heterocycles. The van der Waals surface area contributed by atoms with Crippen LogP contribution >= 0.6 is 11.3 Å². The Morgan fingerprint density at radius 1 is 1.26 bits per heavy atom. The van der Waals surface area contributed by atoms with Crippen LogP contribution < -0.4 is 5.32 Å². The summed E-state index contributed by atoms with van der Waals surface area (Å²) in [4.78, 5) is 12.5. The molecule has 0 saturated heterocycles. The van der Waals surface area contributed by atoms with E-state index in [0.29, 0.717) is 17.0 Å². The van der Waals surface area contributed by atoms with Crippen LogP contribution in [0.4, 0.5) is 4.39 Å². The van der Waals surface area contributed by atoms with E-state index in [2.05, 4.69) is 5.32 Å². The van der Waals surface area contributed by atoms with E-state index >= 15 is 0 Å². The van der Waals surface area contributed by atoms with Crippen molar-refractivity contribution in [3.8, 4) is 0 Å². The third-order valence-corrected chi connectivity index (χ3v) is 3.91. The molecule has 1 aromatic carbocycles. The van der Waals surface area contributed by atoms with Crippen LogP contribution in [0.3, 0.4) is 0 Å². The summed E-state index contributed by atoms with van der Waals surface area (Å²) in [7, 11) is 0. The average molecular weight is 277 g/mol. The topological polar surface area (TPSA) is 29.1 Å². The molecule has 0 spiro atoms.